The number of hydrogen-bond acceptors (Lipinski definition) is 4. The van der Waals surface area contributed by atoms with Crippen LogP contribution in [0.25, 0.3) is 0 Å². The lowest BCUT2D eigenvalue weighted by Crippen LogP contribution is -2.26. The maximum absolute atomic E-state index is 12.7. The Balaban J connectivity index is 1.43. The molecule has 0 spiro atoms. The minimum Gasteiger partial charge on any atom is -0.454 e. The molecular formula is C20H20N2O4. The molecule has 26 heavy (non-hydrogen) atoms. The van der Waals surface area contributed by atoms with Crippen LogP contribution in [0.1, 0.15) is 28.8 Å². The molecule has 134 valence electrons. The molecule has 6 heteroatoms. The zero-order valence-corrected chi connectivity index (χ0v) is 14.5. The molecule has 6 nitrogen and oxygen atoms in total. The quantitative estimate of drug-likeness (QED) is 0.898. The van der Waals surface area contributed by atoms with Gasteiger partial charge in [0.05, 0.1) is 0 Å². The summed E-state index contributed by atoms with van der Waals surface area (Å²) in [5.74, 6) is 1.48. The maximum atomic E-state index is 12.7. The Hall–Kier alpha value is -3.02. The van der Waals surface area contributed by atoms with E-state index in [0.717, 1.165) is 24.2 Å². The van der Waals surface area contributed by atoms with E-state index < -0.39 is 0 Å². The molecule has 2 aromatic rings. The van der Waals surface area contributed by atoms with Crippen LogP contribution in [0, 0.1) is 5.92 Å². The number of carbonyl (C=O) groups excluding carboxylic acids is 2. The van der Waals surface area contributed by atoms with E-state index in [0.29, 0.717) is 23.5 Å². The topological polar surface area (TPSA) is 67.9 Å². The second kappa shape index (κ2) is 6.71. The van der Waals surface area contributed by atoms with Crippen LogP contribution in [-0.2, 0) is 11.3 Å². The number of carbonyl (C=O) groups is 2. The predicted molar refractivity (Wildman–Crippen MR) is 96.2 cm³/mol. The number of hydrogen-bond donors (Lipinski definition) is 1. The third-order valence-corrected chi connectivity index (χ3v) is 4.53. The number of nitrogens with zero attached hydrogens (tertiary/aromatic N) is 1. The fourth-order valence-electron chi connectivity index (χ4n) is 2.93. The van der Waals surface area contributed by atoms with Crippen molar-refractivity contribution in [1.82, 2.24) is 4.90 Å². The molecule has 0 unspecified atom stereocenters. The third-order valence-electron chi connectivity index (χ3n) is 4.53. The van der Waals surface area contributed by atoms with E-state index in [1.807, 2.05) is 18.2 Å². The van der Waals surface area contributed by atoms with E-state index in [1.54, 1.807) is 36.2 Å². The summed E-state index contributed by atoms with van der Waals surface area (Å²) < 4.78 is 10.7. The monoisotopic (exact) mass is 352 g/mol. The maximum Gasteiger partial charge on any atom is 0.253 e. The largest absolute Gasteiger partial charge is 0.454 e. The van der Waals surface area contributed by atoms with Crippen LogP contribution in [0.4, 0.5) is 5.69 Å². The zero-order chi connectivity index (χ0) is 18.1. The molecule has 2 aromatic carbocycles. The summed E-state index contributed by atoms with van der Waals surface area (Å²) in [7, 11) is 1.75. The van der Waals surface area contributed by atoms with Crippen LogP contribution in [0.3, 0.4) is 0 Å². The summed E-state index contributed by atoms with van der Waals surface area (Å²) in [6.07, 6.45) is 1.89. The average molecular weight is 352 g/mol. The van der Waals surface area contributed by atoms with Crippen molar-refractivity contribution in [2.45, 2.75) is 19.4 Å². The molecule has 0 atom stereocenters. The first-order valence-electron chi connectivity index (χ1n) is 8.65. The van der Waals surface area contributed by atoms with Gasteiger partial charge in [-0.3, -0.25) is 9.59 Å². The predicted octanol–water partition coefficient (Wildman–Crippen LogP) is 3.04. The van der Waals surface area contributed by atoms with Crippen molar-refractivity contribution in [3.63, 3.8) is 0 Å². The third kappa shape index (κ3) is 3.49. The lowest BCUT2D eigenvalue weighted by Gasteiger charge is -2.18. The number of nitrogens with one attached hydrogen (secondary N) is 1. The Labute approximate surface area is 151 Å². The van der Waals surface area contributed by atoms with Gasteiger partial charge < -0.3 is 19.7 Å². The smallest absolute Gasteiger partial charge is 0.253 e. The van der Waals surface area contributed by atoms with E-state index in [1.165, 1.54) is 0 Å². The van der Waals surface area contributed by atoms with Gasteiger partial charge in [0.15, 0.2) is 11.5 Å². The fourth-order valence-corrected chi connectivity index (χ4v) is 2.93. The fraction of sp³-hybridized carbons (Fsp3) is 0.300. The summed E-state index contributed by atoms with van der Waals surface area (Å²) >= 11 is 0. The zero-order valence-electron chi connectivity index (χ0n) is 14.5. The molecule has 2 amide bonds. The number of anilines is 1. The van der Waals surface area contributed by atoms with Crippen LogP contribution >= 0.6 is 0 Å². The van der Waals surface area contributed by atoms with Crippen LogP contribution < -0.4 is 14.8 Å². The van der Waals surface area contributed by atoms with Crippen LogP contribution in [-0.4, -0.2) is 30.6 Å². The van der Waals surface area contributed by atoms with Crippen LogP contribution in [0.5, 0.6) is 11.5 Å². The molecule has 1 fully saturated rings. The highest BCUT2D eigenvalue weighted by molar-refractivity contribution is 5.98. The van der Waals surface area contributed by atoms with Gasteiger partial charge >= 0.3 is 0 Å². The Bertz CT molecular complexity index is 861. The van der Waals surface area contributed by atoms with Crippen molar-refractivity contribution >= 4 is 17.5 Å². The molecule has 0 saturated heterocycles. The Morgan fingerprint density at radius 1 is 1.12 bits per heavy atom. The SMILES string of the molecule is CN(Cc1ccc2c(c1)OCO2)C(=O)c1cccc(NC(=O)C2CC2)c1. The van der Waals surface area contributed by atoms with E-state index in [2.05, 4.69) is 5.32 Å². The molecule has 0 radical (unpaired) electrons. The molecule has 2 aliphatic rings. The van der Waals surface area contributed by atoms with Crippen LogP contribution in [0.2, 0.25) is 0 Å². The van der Waals surface area contributed by atoms with Crippen molar-refractivity contribution < 1.29 is 19.1 Å². The van der Waals surface area contributed by atoms with E-state index >= 15 is 0 Å². The minimum atomic E-state index is -0.106. The molecule has 0 aromatic heterocycles. The van der Waals surface area contributed by atoms with Crippen molar-refractivity contribution in [3.8, 4) is 11.5 Å². The van der Waals surface area contributed by atoms with Crippen molar-refractivity contribution in [3.05, 3.63) is 53.6 Å². The first-order valence-corrected chi connectivity index (χ1v) is 8.65. The molecule has 1 N–H and O–H groups in total. The Morgan fingerprint density at radius 3 is 2.73 bits per heavy atom. The lowest BCUT2D eigenvalue weighted by molar-refractivity contribution is -0.117. The second-order valence-electron chi connectivity index (χ2n) is 6.69. The summed E-state index contributed by atoms with van der Waals surface area (Å²) in [5.41, 5.74) is 2.16. The number of benzene rings is 2. The number of rotatable bonds is 5. The van der Waals surface area contributed by atoms with Gasteiger partial charge in [0.25, 0.3) is 5.91 Å². The molecular weight excluding hydrogens is 332 g/mol. The standard InChI is InChI=1S/C20H20N2O4/c1-22(11-13-5-8-17-18(9-13)26-12-25-17)20(24)15-3-2-4-16(10-15)21-19(23)14-6-7-14/h2-5,8-10,14H,6-7,11-12H2,1H3,(H,21,23). The molecule has 4 rings (SSSR count). The first-order chi connectivity index (χ1) is 12.6. The normalized spacial score (nSPS) is 14.8. The number of fused-ring (bicyclic) bond motifs is 1. The number of ether oxygens (including phenoxy) is 2. The molecule has 1 heterocycles. The molecule has 1 aliphatic heterocycles. The molecule has 0 bridgehead atoms. The van der Waals surface area contributed by atoms with Gasteiger partial charge in [-0.15, -0.1) is 0 Å². The summed E-state index contributed by atoms with van der Waals surface area (Å²) in [6.45, 7) is 0.682. The number of amides is 2. The van der Waals surface area contributed by atoms with Gasteiger partial charge in [0.2, 0.25) is 12.7 Å². The summed E-state index contributed by atoms with van der Waals surface area (Å²) in [5, 5.41) is 2.88. The van der Waals surface area contributed by atoms with E-state index in [-0.39, 0.29) is 24.5 Å². The highest BCUT2D eigenvalue weighted by atomic mass is 16.7. The van der Waals surface area contributed by atoms with Gasteiger partial charge in [0, 0.05) is 30.8 Å². The molecule has 1 saturated carbocycles. The highest BCUT2D eigenvalue weighted by Gasteiger charge is 2.29. The summed E-state index contributed by atoms with van der Waals surface area (Å²) in [4.78, 5) is 26.3. The van der Waals surface area contributed by atoms with E-state index in [4.69, 9.17) is 9.47 Å². The Morgan fingerprint density at radius 2 is 1.92 bits per heavy atom. The summed E-state index contributed by atoms with van der Waals surface area (Å²) in [6, 6.07) is 12.7. The first kappa shape index (κ1) is 16.4. The second-order valence-corrected chi connectivity index (χ2v) is 6.69. The highest BCUT2D eigenvalue weighted by Crippen LogP contribution is 2.33. The van der Waals surface area contributed by atoms with Gasteiger partial charge in [0.1, 0.15) is 0 Å². The van der Waals surface area contributed by atoms with E-state index in [9.17, 15) is 9.59 Å². The van der Waals surface area contributed by atoms with Gasteiger partial charge in [-0.2, -0.15) is 0 Å². The van der Waals surface area contributed by atoms with Gasteiger partial charge in [-0.05, 0) is 48.7 Å². The molecule has 1 aliphatic carbocycles. The van der Waals surface area contributed by atoms with Crippen LogP contribution in [0.15, 0.2) is 42.5 Å². The van der Waals surface area contributed by atoms with Crippen molar-refractivity contribution in [2.75, 3.05) is 19.2 Å². The van der Waals surface area contributed by atoms with Gasteiger partial charge in [-0.25, -0.2) is 0 Å². The average Bonchev–Trinajstić information content (AvgIpc) is 3.40. The van der Waals surface area contributed by atoms with Crippen molar-refractivity contribution in [2.24, 2.45) is 5.92 Å². The lowest BCUT2D eigenvalue weighted by atomic mass is 10.1. The van der Waals surface area contributed by atoms with Gasteiger partial charge in [-0.1, -0.05) is 12.1 Å². The van der Waals surface area contributed by atoms with Crippen molar-refractivity contribution in [1.29, 1.82) is 0 Å². The Kier molecular flexibility index (Phi) is 4.24. The minimum absolute atomic E-state index is 0.0308.